The van der Waals surface area contributed by atoms with Crippen molar-refractivity contribution in [3.8, 4) is 0 Å². The first-order valence-corrected chi connectivity index (χ1v) is 8.39. The van der Waals surface area contributed by atoms with Gasteiger partial charge in [-0.15, -0.1) is 5.10 Å². The molecule has 8 heteroatoms. The van der Waals surface area contributed by atoms with Crippen molar-refractivity contribution in [3.05, 3.63) is 64.5 Å². The van der Waals surface area contributed by atoms with E-state index in [0.717, 1.165) is 24.5 Å². The van der Waals surface area contributed by atoms with Crippen LogP contribution in [0.3, 0.4) is 0 Å². The van der Waals surface area contributed by atoms with E-state index in [9.17, 15) is 0 Å². The molecule has 3 aromatic rings. The van der Waals surface area contributed by atoms with E-state index < -0.39 is 0 Å². The third-order valence-corrected chi connectivity index (χ3v) is 4.34. The van der Waals surface area contributed by atoms with Crippen LogP contribution in [-0.2, 0) is 6.42 Å². The maximum Gasteiger partial charge on any atom is 0.249 e. The molecule has 0 aliphatic heterocycles. The highest BCUT2D eigenvalue weighted by Gasteiger charge is 2.07. The van der Waals surface area contributed by atoms with Gasteiger partial charge in [0.1, 0.15) is 0 Å². The van der Waals surface area contributed by atoms with Crippen LogP contribution in [0.25, 0.3) is 0 Å². The Kier molecular flexibility index (Phi) is 5.63. The number of hydrogen-bond acceptors (Lipinski definition) is 6. The van der Waals surface area contributed by atoms with E-state index in [4.69, 9.17) is 23.2 Å². The highest BCUT2D eigenvalue weighted by molar-refractivity contribution is 6.42. The quantitative estimate of drug-likeness (QED) is 0.703. The number of nitrogens with one attached hydrogen (secondary N) is 1. The number of anilines is 3. The molecule has 1 aromatic carbocycles. The van der Waals surface area contributed by atoms with Crippen molar-refractivity contribution >= 4 is 40.7 Å². The second-order valence-corrected chi connectivity index (χ2v) is 6.23. The lowest BCUT2D eigenvalue weighted by Gasteiger charge is -2.18. The molecule has 1 N–H and O–H groups in total. The number of benzene rings is 1. The number of rotatable bonds is 6. The molecule has 6 nitrogen and oxygen atoms in total. The summed E-state index contributed by atoms with van der Waals surface area (Å²) in [6, 6.07) is 9.24. The molecule has 0 aliphatic rings. The number of hydrogen-bond donors (Lipinski definition) is 1. The molecule has 0 radical (unpaired) electrons. The second-order valence-electron chi connectivity index (χ2n) is 5.42. The fraction of sp³-hybridized carbons (Fsp3) is 0.176. The Morgan fingerprint density at radius 3 is 2.64 bits per heavy atom. The first-order valence-electron chi connectivity index (χ1n) is 7.63. The van der Waals surface area contributed by atoms with Gasteiger partial charge in [-0.05, 0) is 42.3 Å². The highest BCUT2D eigenvalue weighted by Crippen LogP contribution is 2.26. The van der Waals surface area contributed by atoms with E-state index >= 15 is 0 Å². The van der Waals surface area contributed by atoms with Crippen molar-refractivity contribution in [2.24, 2.45) is 0 Å². The molecule has 0 amide bonds. The third kappa shape index (κ3) is 4.78. The van der Waals surface area contributed by atoms with Gasteiger partial charge in [0, 0.05) is 31.7 Å². The van der Waals surface area contributed by atoms with Gasteiger partial charge < -0.3 is 10.2 Å². The Morgan fingerprint density at radius 2 is 1.88 bits per heavy atom. The molecule has 25 heavy (non-hydrogen) atoms. The summed E-state index contributed by atoms with van der Waals surface area (Å²) in [5.74, 6) is 1.12. The smallest absolute Gasteiger partial charge is 0.249 e. The third-order valence-electron chi connectivity index (χ3n) is 3.60. The molecule has 0 spiro atoms. The van der Waals surface area contributed by atoms with Crippen molar-refractivity contribution in [1.29, 1.82) is 0 Å². The maximum atomic E-state index is 6.02. The second kappa shape index (κ2) is 8.09. The standard InChI is InChI=1S/C17H16Cl2N6/c1-25(9-6-12-4-7-20-8-5-12)16-11-21-24-17(23-16)22-13-2-3-14(18)15(19)10-13/h2-5,7-8,10-11H,6,9H2,1H3,(H,22,23,24). The zero-order chi connectivity index (χ0) is 17.6. The fourth-order valence-corrected chi connectivity index (χ4v) is 2.49. The number of likely N-dealkylation sites (N-methyl/N-ethyl adjacent to an activating group) is 1. The van der Waals surface area contributed by atoms with Crippen LogP contribution in [0.5, 0.6) is 0 Å². The Hall–Kier alpha value is -2.44. The Labute approximate surface area is 155 Å². The molecule has 0 fully saturated rings. The first-order chi connectivity index (χ1) is 12.1. The van der Waals surface area contributed by atoms with E-state index in [1.165, 1.54) is 5.56 Å². The van der Waals surface area contributed by atoms with Crippen molar-refractivity contribution in [3.63, 3.8) is 0 Å². The molecule has 3 rings (SSSR count). The van der Waals surface area contributed by atoms with Crippen LogP contribution in [-0.4, -0.2) is 33.8 Å². The summed E-state index contributed by atoms with van der Waals surface area (Å²) in [4.78, 5) is 10.5. The minimum atomic E-state index is 0.395. The van der Waals surface area contributed by atoms with Crippen molar-refractivity contribution < 1.29 is 0 Å². The molecule has 0 saturated heterocycles. The molecule has 0 unspecified atom stereocenters. The molecular weight excluding hydrogens is 359 g/mol. The highest BCUT2D eigenvalue weighted by atomic mass is 35.5. The van der Waals surface area contributed by atoms with E-state index in [0.29, 0.717) is 16.0 Å². The van der Waals surface area contributed by atoms with Crippen molar-refractivity contribution in [1.82, 2.24) is 20.2 Å². The molecule has 0 atom stereocenters. The van der Waals surface area contributed by atoms with Gasteiger partial charge in [0.25, 0.3) is 0 Å². The minimum Gasteiger partial charge on any atom is -0.358 e. The zero-order valence-corrected chi connectivity index (χ0v) is 15.0. The Morgan fingerprint density at radius 1 is 1.08 bits per heavy atom. The summed E-state index contributed by atoms with van der Waals surface area (Å²) in [5.41, 5.74) is 1.96. The van der Waals surface area contributed by atoms with Crippen LogP contribution in [0.2, 0.25) is 10.0 Å². The van der Waals surface area contributed by atoms with Gasteiger partial charge in [-0.25, -0.2) is 0 Å². The van der Waals surface area contributed by atoms with Gasteiger partial charge in [-0.3, -0.25) is 4.98 Å². The van der Waals surface area contributed by atoms with E-state index in [2.05, 4.69) is 25.5 Å². The molecule has 0 saturated carbocycles. The molecule has 0 bridgehead atoms. The maximum absolute atomic E-state index is 6.02. The lowest BCUT2D eigenvalue weighted by Crippen LogP contribution is -2.22. The van der Waals surface area contributed by atoms with E-state index in [1.54, 1.807) is 36.8 Å². The van der Waals surface area contributed by atoms with Crippen LogP contribution in [0, 0.1) is 0 Å². The summed E-state index contributed by atoms with van der Waals surface area (Å²) >= 11 is 11.9. The van der Waals surface area contributed by atoms with Gasteiger partial charge in [-0.2, -0.15) is 10.1 Å². The van der Waals surface area contributed by atoms with Crippen LogP contribution < -0.4 is 10.2 Å². The number of halogens is 2. The summed E-state index contributed by atoms with van der Waals surface area (Å²) in [5, 5.41) is 12.1. The lowest BCUT2D eigenvalue weighted by molar-refractivity contribution is 0.840. The molecule has 128 valence electrons. The average Bonchev–Trinajstić information content (AvgIpc) is 2.64. The Bertz CT molecular complexity index is 844. The average molecular weight is 375 g/mol. The van der Waals surface area contributed by atoms with Crippen LogP contribution in [0.1, 0.15) is 5.56 Å². The molecule has 2 aromatic heterocycles. The fourth-order valence-electron chi connectivity index (χ4n) is 2.20. The SMILES string of the molecule is CN(CCc1ccncc1)c1cnnc(Nc2ccc(Cl)c(Cl)c2)n1. The summed E-state index contributed by atoms with van der Waals surface area (Å²) in [6.07, 6.45) is 6.10. The predicted molar refractivity (Wildman–Crippen MR) is 101 cm³/mol. The predicted octanol–water partition coefficient (Wildman–Crippen LogP) is 4.00. The topological polar surface area (TPSA) is 66.8 Å². The first kappa shape index (κ1) is 17.4. The molecule has 0 aliphatic carbocycles. The summed E-state index contributed by atoms with van der Waals surface area (Å²) < 4.78 is 0. The number of pyridine rings is 1. The largest absolute Gasteiger partial charge is 0.358 e. The monoisotopic (exact) mass is 374 g/mol. The minimum absolute atomic E-state index is 0.395. The van der Waals surface area contributed by atoms with Gasteiger partial charge in [0.05, 0.1) is 16.2 Å². The number of aromatic nitrogens is 4. The van der Waals surface area contributed by atoms with E-state index in [-0.39, 0.29) is 0 Å². The molecular formula is C17H16Cl2N6. The lowest BCUT2D eigenvalue weighted by atomic mass is 10.2. The Balaban J connectivity index is 1.66. The van der Waals surface area contributed by atoms with Crippen LogP contribution in [0.15, 0.2) is 48.9 Å². The molecule has 2 heterocycles. The van der Waals surface area contributed by atoms with E-state index in [1.807, 2.05) is 24.1 Å². The van der Waals surface area contributed by atoms with Crippen LogP contribution >= 0.6 is 23.2 Å². The van der Waals surface area contributed by atoms with Crippen LogP contribution in [0.4, 0.5) is 17.5 Å². The summed E-state index contributed by atoms with van der Waals surface area (Å²) in [6.45, 7) is 0.801. The summed E-state index contributed by atoms with van der Waals surface area (Å²) in [7, 11) is 1.97. The van der Waals surface area contributed by atoms with Crippen molar-refractivity contribution in [2.45, 2.75) is 6.42 Å². The van der Waals surface area contributed by atoms with Gasteiger partial charge in [-0.1, -0.05) is 23.2 Å². The van der Waals surface area contributed by atoms with Gasteiger partial charge in [0.2, 0.25) is 5.95 Å². The van der Waals surface area contributed by atoms with Gasteiger partial charge in [0.15, 0.2) is 5.82 Å². The van der Waals surface area contributed by atoms with Gasteiger partial charge >= 0.3 is 0 Å². The van der Waals surface area contributed by atoms with Crippen molar-refractivity contribution in [2.75, 3.05) is 23.8 Å². The number of nitrogens with zero attached hydrogens (tertiary/aromatic N) is 5. The zero-order valence-electron chi connectivity index (χ0n) is 13.5. The normalized spacial score (nSPS) is 10.5.